The van der Waals surface area contributed by atoms with Crippen molar-refractivity contribution >= 4 is 28.4 Å². The van der Waals surface area contributed by atoms with E-state index in [0.29, 0.717) is 23.3 Å². The van der Waals surface area contributed by atoms with Gasteiger partial charge in [0.25, 0.3) is 0 Å². The molecule has 0 saturated carbocycles. The van der Waals surface area contributed by atoms with Crippen molar-refractivity contribution in [1.29, 1.82) is 0 Å². The summed E-state index contributed by atoms with van der Waals surface area (Å²) < 4.78 is 4.97. The average Bonchev–Trinajstić information content (AvgIpc) is 2.92. The van der Waals surface area contributed by atoms with Crippen LogP contribution >= 0.6 is 0 Å². The maximum Gasteiger partial charge on any atom is 0.417 e. The molecule has 0 spiro atoms. The minimum Gasteiger partial charge on any atom is -0.408 e. The molecule has 106 valence electrons. The minimum absolute atomic E-state index is 0.0283. The third kappa shape index (κ3) is 2.22. The lowest BCUT2D eigenvalue weighted by molar-refractivity contribution is -0.119. The number of carbonyl (C=O) groups excluding carboxylic acids is 1. The van der Waals surface area contributed by atoms with E-state index in [-0.39, 0.29) is 11.9 Å². The maximum absolute atomic E-state index is 11.2. The van der Waals surface area contributed by atoms with E-state index in [1.165, 1.54) is 6.92 Å². The zero-order valence-corrected chi connectivity index (χ0v) is 11.1. The van der Waals surface area contributed by atoms with Crippen LogP contribution < -0.4 is 21.7 Å². The number of oxazole rings is 1. The van der Waals surface area contributed by atoms with Crippen molar-refractivity contribution in [3.63, 3.8) is 0 Å². The Morgan fingerprint density at radius 2 is 2.35 bits per heavy atom. The maximum atomic E-state index is 11.2. The summed E-state index contributed by atoms with van der Waals surface area (Å²) >= 11 is 0. The average molecular weight is 276 g/mol. The molecule has 1 aliphatic heterocycles. The number of nitrogens with two attached hydrogens (primary N) is 1. The highest BCUT2D eigenvalue weighted by Crippen LogP contribution is 2.30. The molecule has 1 unspecified atom stereocenters. The topological polar surface area (TPSA) is 104 Å². The summed E-state index contributed by atoms with van der Waals surface area (Å²) in [6.45, 7) is 3.03. The number of H-pyrrole nitrogens is 1. The molecule has 3 rings (SSSR count). The number of rotatable bonds is 2. The first kappa shape index (κ1) is 12.6. The van der Waals surface area contributed by atoms with E-state index in [2.05, 4.69) is 15.2 Å². The molecule has 1 aromatic heterocycles. The van der Waals surface area contributed by atoms with Gasteiger partial charge in [-0.2, -0.15) is 0 Å². The molecule has 7 heteroatoms. The SMILES string of the molecule is CC(=O)NC1CCN(c2cc3[nH]c(=O)oc3cc2N)C1. The molecule has 1 saturated heterocycles. The van der Waals surface area contributed by atoms with Gasteiger partial charge in [-0.1, -0.05) is 0 Å². The highest BCUT2D eigenvalue weighted by Gasteiger charge is 2.25. The van der Waals surface area contributed by atoms with Crippen LogP contribution in [0.2, 0.25) is 0 Å². The van der Waals surface area contributed by atoms with Gasteiger partial charge in [0.05, 0.1) is 16.9 Å². The molecule has 20 heavy (non-hydrogen) atoms. The van der Waals surface area contributed by atoms with Crippen molar-refractivity contribution in [2.45, 2.75) is 19.4 Å². The molecule has 1 aromatic carbocycles. The van der Waals surface area contributed by atoms with Crippen LogP contribution in [0.4, 0.5) is 11.4 Å². The Balaban J connectivity index is 1.88. The standard InChI is InChI=1S/C13H16N4O3/c1-7(18)15-8-2-3-17(6-8)11-5-10-12(4-9(11)14)20-13(19)16-10/h4-5,8H,2-3,6,14H2,1H3,(H,15,18)(H,16,19). The van der Waals surface area contributed by atoms with Crippen LogP contribution in [0.5, 0.6) is 0 Å². The van der Waals surface area contributed by atoms with E-state index in [1.807, 2.05) is 6.07 Å². The first-order chi connectivity index (χ1) is 9.52. The largest absolute Gasteiger partial charge is 0.417 e. The van der Waals surface area contributed by atoms with Crippen LogP contribution in [-0.2, 0) is 4.79 Å². The Morgan fingerprint density at radius 1 is 1.55 bits per heavy atom. The first-order valence-corrected chi connectivity index (χ1v) is 6.47. The van der Waals surface area contributed by atoms with Gasteiger partial charge < -0.3 is 20.4 Å². The summed E-state index contributed by atoms with van der Waals surface area (Å²) in [5.74, 6) is -0.520. The molecule has 2 heterocycles. The molecule has 2 aromatic rings. The Bertz CT molecular complexity index is 718. The van der Waals surface area contributed by atoms with Crippen molar-refractivity contribution < 1.29 is 9.21 Å². The van der Waals surface area contributed by atoms with Gasteiger partial charge in [0.2, 0.25) is 5.91 Å². The van der Waals surface area contributed by atoms with Crippen LogP contribution in [0.25, 0.3) is 11.1 Å². The number of nitrogens with one attached hydrogen (secondary N) is 2. The number of amides is 1. The number of anilines is 2. The summed E-state index contributed by atoms with van der Waals surface area (Å²) in [5, 5.41) is 2.90. The summed E-state index contributed by atoms with van der Waals surface area (Å²) in [5.41, 5.74) is 8.51. The van der Waals surface area contributed by atoms with Gasteiger partial charge in [-0.15, -0.1) is 0 Å². The second-order valence-electron chi connectivity index (χ2n) is 5.05. The van der Waals surface area contributed by atoms with Crippen molar-refractivity contribution in [3.05, 3.63) is 22.7 Å². The molecular weight excluding hydrogens is 260 g/mol. The monoisotopic (exact) mass is 276 g/mol. The lowest BCUT2D eigenvalue weighted by Gasteiger charge is -2.20. The van der Waals surface area contributed by atoms with E-state index < -0.39 is 5.76 Å². The van der Waals surface area contributed by atoms with Crippen LogP contribution in [0.1, 0.15) is 13.3 Å². The highest BCUT2D eigenvalue weighted by molar-refractivity contribution is 5.85. The number of hydrogen-bond acceptors (Lipinski definition) is 5. The molecule has 4 N–H and O–H groups in total. The minimum atomic E-state index is -0.492. The smallest absolute Gasteiger partial charge is 0.408 e. The molecule has 1 atom stereocenters. The number of fused-ring (bicyclic) bond motifs is 1. The van der Waals surface area contributed by atoms with Gasteiger partial charge in [-0.3, -0.25) is 9.78 Å². The summed E-state index contributed by atoms with van der Waals surface area (Å²) in [7, 11) is 0. The second-order valence-corrected chi connectivity index (χ2v) is 5.05. The van der Waals surface area contributed by atoms with E-state index in [4.69, 9.17) is 10.2 Å². The Morgan fingerprint density at radius 3 is 3.10 bits per heavy atom. The fraction of sp³-hybridized carbons (Fsp3) is 0.385. The third-order valence-electron chi connectivity index (χ3n) is 3.50. The quantitative estimate of drug-likeness (QED) is 0.689. The van der Waals surface area contributed by atoms with Crippen molar-refractivity contribution in [1.82, 2.24) is 10.3 Å². The van der Waals surface area contributed by atoms with Crippen molar-refractivity contribution in [2.75, 3.05) is 23.7 Å². The fourth-order valence-electron chi connectivity index (χ4n) is 2.66. The van der Waals surface area contributed by atoms with Gasteiger partial charge in [0, 0.05) is 32.1 Å². The van der Waals surface area contributed by atoms with E-state index in [1.54, 1.807) is 6.07 Å². The van der Waals surface area contributed by atoms with Gasteiger partial charge in [-0.05, 0) is 12.5 Å². The van der Waals surface area contributed by atoms with E-state index >= 15 is 0 Å². The van der Waals surface area contributed by atoms with Crippen LogP contribution in [0.3, 0.4) is 0 Å². The number of nitrogen functional groups attached to an aromatic ring is 1. The van der Waals surface area contributed by atoms with E-state index in [0.717, 1.165) is 18.7 Å². The van der Waals surface area contributed by atoms with Crippen molar-refractivity contribution in [2.24, 2.45) is 0 Å². The lowest BCUT2D eigenvalue weighted by Crippen LogP contribution is -2.35. The zero-order chi connectivity index (χ0) is 14.3. The van der Waals surface area contributed by atoms with Crippen LogP contribution in [-0.4, -0.2) is 30.0 Å². The predicted octanol–water partition coefficient (Wildman–Crippen LogP) is 0.418. The summed E-state index contributed by atoms with van der Waals surface area (Å²) in [6.07, 6.45) is 0.874. The molecular formula is C13H16N4O3. The number of hydrogen-bond donors (Lipinski definition) is 3. The number of benzene rings is 1. The normalized spacial score (nSPS) is 18.6. The fourth-order valence-corrected chi connectivity index (χ4v) is 2.66. The second kappa shape index (κ2) is 4.59. The number of nitrogens with zero attached hydrogens (tertiary/aromatic N) is 1. The predicted molar refractivity (Wildman–Crippen MR) is 75.7 cm³/mol. The Labute approximate surface area is 114 Å². The Hall–Kier alpha value is -2.44. The molecule has 0 radical (unpaired) electrons. The van der Waals surface area contributed by atoms with E-state index in [9.17, 15) is 9.59 Å². The number of aromatic amines is 1. The molecule has 0 bridgehead atoms. The Kier molecular flexibility index (Phi) is 2.89. The molecule has 7 nitrogen and oxygen atoms in total. The molecule has 1 aliphatic rings. The number of carbonyl (C=O) groups is 1. The van der Waals surface area contributed by atoms with Crippen LogP contribution in [0.15, 0.2) is 21.3 Å². The lowest BCUT2D eigenvalue weighted by atomic mass is 10.2. The van der Waals surface area contributed by atoms with Gasteiger partial charge in [0.1, 0.15) is 0 Å². The highest BCUT2D eigenvalue weighted by atomic mass is 16.4. The molecule has 0 aliphatic carbocycles. The first-order valence-electron chi connectivity index (χ1n) is 6.47. The summed E-state index contributed by atoms with van der Waals surface area (Å²) in [6, 6.07) is 3.59. The van der Waals surface area contributed by atoms with Crippen molar-refractivity contribution in [3.8, 4) is 0 Å². The third-order valence-corrected chi connectivity index (χ3v) is 3.50. The summed E-state index contributed by atoms with van der Waals surface area (Å²) in [4.78, 5) is 27.0. The van der Waals surface area contributed by atoms with Gasteiger partial charge >= 0.3 is 5.76 Å². The van der Waals surface area contributed by atoms with Gasteiger partial charge in [-0.25, -0.2) is 4.79 Å². The van der Waals surface area contributed by atoms with Gasteiger partial charge in [0.15, 0.2) is 5.58 Å². The zero-order valence-electron chi connectivity index (χ0n) is 11.1. The molecule has 1 amide bonds. The number of aromatic nitrogens is 1. The van der Waals surface area contributed by atoms with Crippen LogP contribution in [0, 0.1) is 0 Å². The molecule has 1 fully saturated rings.